The Bertz CT molecular complexity index is 296. The summed E-state index contributed by atoms with van der Waals surface area (Å²) in [5, 5.41) is 20.4. The first-order valence-electron chi connectivity index (χ1n) is 5.47. The van der Waals surface area contributed by atoms with Crippen LogP contribution >= 0.6 is 0 Å². The molecule has 0 atom stereocenters. The number of aliphatic hydroxyl groups excluding tert-OH is 1. The molecule has 1 fully saturated rings. The fourth-order valence-electron chi connectivity index (χ4n) is 2.19. The number of anilines is 1. The summed E-state index contributed by atoms with van der Waals surface area (Å²) in [4.78, 5) is 0. The van der Waals surface area contributed by atoms with Gasteiger partial charge in [0.1, 0.15) is 5.82 Å². The molecule has 1 aromatic heterocycles. The number of rotatable bonds is 4. The molecule has 2 N–H and O–H groups in total. The van der Waals surface area contributed by atoms with Crippen molar-refractivity contribution >= 4 is 5.82 Å². The van der Waals surface area contributed by atoms with Gasteiger partial charge in [-0.3, -0.25) is 0 Å². The number of aliphatic hydroxyl groups is 1. The molecule has 0 amide bonds. The van der Waals surface area contributed by atoms with Crippen LogP contribution in [0.25, 0.3) is 0 Å². The number of nitrogens with zero attached hydrogens (tertiary/aromatic N) is 2. The molecule has 1 heterocycles. The van der Waals surface area contributed by atoms with Gasteiger partial charge >= 0.3 is 0 Å². The van der Waals surface area contributed by atoms with E-state index in [0.29, 0.717) is 0 Å². The van der Waals surface area contributed by atoms with Crippen molar-refractivity contribution in [1.29, 1.82) is 0 Å². The maximum atomic E-state index is 9.42. The minimum atomic E-state index is 0.0670. The first kappa shape index (κ1) is 10.4. The van der Waals surface area contributed by atoms with E-state index >= 15 is 0 Å². The third-order valence-corrected chi connectivity index (χ3v) is 3.22. The molecule has 2 rings (SSSR count). The first-order chi connectivity index (χ1) is 7.35. The summed E-state index contributed by atoms with van der Waals surface area (Å²) in [5.74, 6) is 0.789. The molecule has 0 aromatic carbocycles. The molecule has 0 spiro atoms. The maximum absolute atomic E-state index is 9.42. The van der Waals surface area contributed by atoms with Gasteiger partial charge in [0.2, 0.25) is 0 Å². The maximum Gasteiger partial charge on any atom is 0.148 e. The van der Waals surface area contributed by atoms with Crippen LogP contribution in [0.1, 0.15) is 25.7 Å². The largest absolute Gasteiger partial charge is 0.396 e. The fraction of sp³-hybridized carbons (Fsp3) is 0.636. The van der Waals surface area contributed by atoms with Gasteiger partial charge in [0.15, 0.2) is 0 Å². The lowest BCUT2D eigenvalue weighted by Gasteiger charge is -2.26. The molecule has 1 aliphatic carbocycles. The van der Waals surface area contributed by atoms with Crippen molar-refractivity contribution in [3.05, 3.63) is 18.3 Å². The first-order valence-corrected chi connectivity index (χ1v) is 5.47. The molecule has 82 valence electrons. The lowest BCUT2D eigenvalue weighted by molar-refractivity contribution is 0.142. The van der Waals surface area contributed by atoms with Crippen molar-refractivity contribution in [2.24, 2.45) is 5.41 Å². The van der Waals surface area contributed by atoms with E-state index < -0.39 is 0 Å². The second-order valence-electron chi connectivity index (χ2n) is 4.33. The molecule has 1 aromatic rings. The average molecular weight is 207 g/mol. The lowest BCUT2D eigenvalue weighted by atomic mass is 9.87. The Morgan fingerprint density at radius 3 is 2.80 bits per heavy atom. The van der Waals surface area contributed by atoms with E-state index in [4.69, 9.17) is 0 Å². The Labute approximate surface area is 89.7 Å². The van der Waals surface area contributed by atoms with E-state index in [-0.39, 0.29) is 12.0 Å². The standard InChI is InChI=1S/C11H17N3O/c15-9-11(5-1-2-6-11)8-12-10-4-3-7-13-14-10/h3-4,7,15H,1-2,5-6,8-9H2,(H,12,14). The highest BCUT2D eigenvalue weighted by atomic mass is 16.3. The van der Waals surface area contributed by atoms with Crippen molar-refractivity contribution in [3.63, 3.8) is 0 Å². The van der Waals surface area contributed by atoms with Gasteiger partial charge in [-0.2, -0.15) is 5.10 Å². The summed E-state index contributed by atoms with van der Waals surface area (Å²) in [6.07, 6.45) is 6.32. The van der Waals surface area contributed by atoms with Crippen molar-refractivity contribution < 1.29 is 5.11 Å². The van der Waals surface area contributed by atoms with Gasteiger partial charge < -0.3 is 10.4 Å². The molecule has 1 aliphatic rings. The number of hydrogen-bond donors (Lipinski definition) is 2. The molecule has 0 unspecified atom stereocenters. The van der Waals surface area contributed by atoms with Crippen LogP contribution in [0.3, 0.4) is 0 Å². The topological polar surface area (TPSA) is 58.0 Å². The minimum absolute atomic E-state index is 0.0670. The molecule has 15 heavy (non-hydrogen) atoms. The minimum Gasteiger partial charge on any atom is -0.396 e. The van der Waals surface area contributed by atoms with Crippen LogP contribution in [0, 0.1) is 5.41 Å². The average Bonchev–Trinajstić information content (AvgIpc) is 2.77. The number of nitrogens with one attached hydrogen (secondary N) is 1. The zero-order valence-corrected chi connectivity index (χ0v) is 8.82. The molecule has 4 nitrogen and oxygen atoms in total. The van der Waals surface area contributed by atoms with E-state index in [1.807, 2.05) is 12.1 Å². The van der Waals surface area contributed by atoms with Gasteiger partial charge in [-0.25, -0.2) is 0 Å². The molecule has 1 saturated carbocycles. The highest BCUT2D eigenvalue weighted by molar-refractivity contribution is 5.31. The predicted molar refractivity (Wildman–Crippen MR) is 58.5 cm³/mol. The van der Waals surface area contributed by atoms with Gasteiger partial charge in [-0.15, -0.1) is 5.10 Å². The molecular weight excluding hydrogens is 190 g/mol. The molecule has 0 aliphatic heterocycles. The van der Waals surface area contributed by atoms with Crippen LogP contribution in [-0.2, 0) is 0 Å². The van der Waals surface area contributed by atoms with E-state index in [2.05, 4.69) is 15.5 Å². The summed E-state index contributed by atoms with van der Waals surface area (Å²) >= 11 is 0. The third kappa shape index (κ3) is 2.45. The fourth-order valence-corrected chi connectivity index (χ4v) is 2.19. The Balaban J connectivity index is 1.92. The van der Waals surface area contributed by atoms with Gasteiger partial charge in [-0.1, -0.05) is 12.8 Å². The van der Waals surface area contributed by atoms with Gasteiger partial charge in [0, 0.05) is 18.2 Å². The Kier molecular flexibility index (Phi) is 3.16. The monoisotopic (exact) mass is 207 g/mol. The molecular formula is C11H17N3O. The zero-order chi connectivity index (χ0) is 10.6. The highest BCUT2D eigenvalue weighted by Crippen LogP contribution is 2.37. The van der Waals surface area contributed by atoms with Crippen LogP contribution in [0.4, 0.5) is 5.82 Å². The van der Waals surface area contributed by atoms with E-state index in [1.165, 1.54) is 12.8 Å². The van der Waals surface area contributed by atoms with Gasteiger partial charge in [-0.05, 0) is 25.0 Å². The molecule has 0 bridgehead atoms. The quantitative estimate of drug-likeness (QED) is 0.784. The summed E-state index contributed by atoms with van der Waals surface area (Å²) in [6, 6.07) is 3.75. The Morgan fingerprint density at radius 2 is 2.20 bits per heavy atom. The van der Waals surface area contributed by atoms with E-state index in [9.17, 15) is 5.11 Å². The van der Waals surface area contributed by atoms with Crippen LogP contribution in [-0.4, -0.2) is 28.5 Å². The van der Waals surface area contributed by atoms with Crippen molar-refractivity contribution in [2.75, 3.05) is 18.5 Å². The van der Waals surface area contributed by atoms with E-state index in [0.717, 1.165) is 25.2 Å². The van der Waals surface area contributed by atoms with Crippen molar-refractivity contribution in [3.8, 4) is 0 Å². The molecule has 4 heteroatoms. The van der Waals surface area contributed by atoms with Crippen LogP contribution in [0.15, 0.2) is 18.3 Å². The summed E-state index contributed by atoms with van der Waals surface area (Å²) in [5.41, 5.74) is 0.0670. The summed E-state index contributed by atoms with van der Waals surface area (Å²) < 4.78 is 0. The molecule has 0 saturated heterocycles. The predicted octanol–water partition coefficient (Wildman–Crippen LogP) is 1.44. The second-order valence-corrected chi connectivity index (χ2v) is 4.33. The number of hydrogen-bond acceptors (Lipinski definition) is 4. The lowest BCUT2D eigenvalue weighted by Crippen LogP contribution is -2.30. The zero-order valence-electron chi connectivity index (χ0n) is 8.82. The van der Waals surface area contributed by atoms with E-state index in [1.54, 1.807) is 6.20 Å². The smallest absolute Gasteiger partial charge is 0.148 e. The van der Waals surface area contributed by atoms with Gasteiger partial charge in [0.25, 0.3) is 0 Å². The second kappa shape index (κ2) is 4.57. The van der Waals surface area contributed by atoms with Crippen LogP contribution in [0.5, 0.6) is 0 Å². The van der Waals surface area contributed by atoms with Crippen molar-refractivity contribution in [1.82, 2.24) is 10.2 Å². The third-order valence-electron chi connectivity index (χ3n) is 3.22. The van der Waals surface area contributed by atoms with Crippen LogP contribution in [0.2, 0.25) is 0 Å². The summed E-state index contributed by atoms with van der Waals surface area (Å²) in [7, 11) is 0. The number of aromatic nitrogens is 2. The Morgan fingerprint density at radius 1 is 1.40 bits per heavy atom. The highest BCUT2D eigenvalue weighted by Gasteiger charge is 2.32. The summed E-state index contributed by atoms with van der Waals surface area (Å²) in [6.45, 7) is 1.06. The van der Waals surface area contributed by atoms with Crippen LogP contribution < -0.4 is 5.32 Å². The SMILES string of the molecule is OCC1(CNc2cccnn2)CCCC1. The van der Waals surface area contributed by atoms with Gasteiger partial charge in [0.05, 0.1) is 6.61 Å². The Hall–Kier alpha value is -1.16. The molecule has 0 radical (unpaired) electrons. The van der Waals surface area contributed by atoms with Crippen molar-refractivity contribution in [2.45, 2.75) is 25.7 Å². The normalized spacial score (nSPS) is 19.0.